The monoisotopic (exact) mass is 560 g/mol. The predicted molar refractivity (Wildman–Crippen MR) is 141 cm³/mol. The van der Waals surface area contributed by atoms with Crippen LogP contribution < -0.4 is 14.4 Å². The lowest BCUT2D eigenvalue weighted by Gasteiger charge is -2.34. The molecule has 0 radical (unpaired) electrons. The first-order valence-corrected chi connectivity index (χ1v) is 13.7. The summed E-state index contributed by atoms with van der Waals surface area (Å²) in [6.07, 6.45) is -1.14. The molecule has 4 aromatic rings. The van der Waals surface area contributed by atoms with Crippen LogP contribution in [0.5, 0.6) is 5.75 Å². The van der Waals surface area contributed by atoms with E-state index in [-0.39, 0.29) is 28.0 Å². The third kappa shape index (κ3) is 4.90. The number of aromatic nitrogens is 2. The topological polar surface area (TPSA) is 101 Å². The molecule has 12 heteroatoms. The van der Waals surface area contributed by atoms with Gasteiger partial charge in [-0.3, -0.25) is 14.4 Å². The molecule has 1 aromatic heterocycles. The number of nitrogens with one attached hydrogen (secondary N) is 1. The molecule has 36 heavy (non-hydrogen) atoms. The van der Waals surface area contributed by atoms with Gasteiger partial charge in [-0.1, -0.05) is 64.4 Å². The Hall–Kier alpha value is -3.18. The van der Waals surface area contributed by atoms with Gasteiger partial charge in [-0.2, -0.15) is 0 Å². The van der Waals surface area contributed by atoms with Crippen LogP contribution >= 0.6 is 34.5 Å². The largest absolute Gasteiger partial charge is 0.476 e. The van der Waals surface area contributed by atoms with E-state index in [0.717, 1.165) is 15.4 Å². The minimum absolute atomic E-state index is 0.0943. The highest BCUT2D eigenvalue weighted by Gasteiger charge is 2.38. The van der Waals surface area contributed by atoms with Crippen molar-refractivity contribution in [1.29, 1.82) is 0 Å². The van der Waals surface area contributed by atoms with Crippen LogP contribution in [0.25, 0.3) is 10.6 Å². The Morgan fingerprint density at radius 3 is 2.44 bits per heavy atom. The van der Waals surface area contributed by atoms with E-state index < -0.39 is 22.0 Å². The van der Waals surface area contributed by atoms with Crippen molar-refractivity contribution in [2.45, 2.75) is 17.9 Å². The van der Waals surface area contributed by atoms with Gasteiger partial charge < -0.3 is 4.74 Å². The second-order valence-corrected chi connectivity index (χ2v) is 11.7. The van der Waals surface area contributed by atoms with Gasteiger partial charge in [-0.25, -0.2) is 8.42 Å². The molecule has 0 saturated heterocycles. The standard InChI is InChI=1S/C24H18Cl2N4O4S2/c1-14-2-9-18(10-3-14)36(32,33)30-13-21(34-20-11-8-17(26)12-19(20)30)22(31)27-24-29-28-23(35-24)15-4-6-16(25)7-5-15/h2-12,21H,13H2,1H3,(H,27,29,31). The minimum Gasteiger partial charge on any atom is -0.476 e. The first kappa shape index (κ1) is 24.5. The highest BCUT2D eigenvalue weighted by Crippen LogP contribution is 2.39. The lowest BCUT2D eigenvalue weighted by molar-refractivity contribution is -0.122. The zero-order chi connectivity index (χ0) is 25.4. The van der Waals surface area contributed by atoms with Gasteiger partial charge in [0.15, 0.2) is 6.10 Å². The van der Waals surface area contributed by atoms with Gasteiger partial charge in [0.05, 0.1) is 17.1 Å². The number of ether oxygens (including phenoxy) is 1. The van der Waals surface area contributed by atoms with Crippen molar-refractivity contribution in [2.75, 3.05) is 16.2 Å². The number of fused-ring (bicyclic) bond motifs is 1. The summed E-state index contributed by atoms with van der Waals surface area (Å²) in [4.78, 5) is 13.2. The van der Waals surface area contributed by atoms with Crippen LogP contribution in [-0.2, 0) is 14.8 Å². The van der Waals surface area contributed by atoms with Crippen molar-refractivity contribution in [3.63, 3.8) is 0 Å². The Kier molecular flexibility index (Phi) is 6.60. The van der Waals surface area contributed by atoms with E-state index in [0.29, 0.717) is 15.1 Å². The summed E-state index contributed by atoms with van der Waals surface area (Å²) in [7, 11) is -4.01. The van der Waals surface area contributed by atoms with Crippen molar-refractivity contribution in [2.24, 2.45) is 0 Å². The fourth-order valence-electron chi connectivity index (χ4n) is 3.59. The van der Waals surface area contributed by atoms with Crippen LogP contribution in [0.1, 0.15) is 5.56 Å². The summed E-state index contributed by atoms with van der Waals surface area (Å²) in [5.74, 6) is -0.334. The molecule has 0 aliphatic carbocycles. The van der Waals surface area contributed by atoms with Gasteiger partial charge in [0.25, 0.3) is 15.9 Å². The van der Waals surface area contributed by atoms with E-state index in [1.54, 1.807) is 48.5 Å². The number of hydrogen-bond donors (Lipinski definition) is 1. The van der Waals surface area contributed by atoms with Crippen molar-refractivity contribution < 1.29 is 17.9 Å². The number of nitrogens with zero attached hydrogens (tertiary/aromatic N) is 3. The van der Waals surface area contributed by atoms with Crippen LogP contribution in [0.15, 0.2) is 71.6 Å². The van der Waals surface area contributed by atoms with E-state index >= 15 is 0 Å². The number of carbonyl (C=O) groups excluding carboxylic acids is 1. The third-order valence-electron chi connectivity index (χ3n) is 5.44. The average Bonchev–Trinajstić information content (AvgIpc) is 3.32. The number of benzene rings is 3. The molecule has 1 atom stereocenters. The van der Waals surface area contributed by atoms with Gasteiger partial charge in [0, 0.05) is 15.6 Å². The molecule has 0 saturated carbocycles. The van der Waals surface area contributed by atoms with E-state index in [2.05, 4.69) is 15.5 Å². The Bertz CT molecular complexity index is 1540. The third-order valence-corrected chi connectivity index (χ3v) is 8.61. The van der Waals surface area contributed by atoms with Crippen LogP contribution in [0.2, 0.25) is 10.0 Å². The maximum atomic E-state index is 13.5. The lowest BCUT2D eigenvalue weighted by atomic mass is 10.2. The highest BCUT2D eigenvalue weighted by atomic mass is 35.5. The molecule has 1 N–H and O–H groups in total. The van der Waals surface area contributed by atoms with Gasteiger partial charge in [-0.15, -0.1) is 10.2 Å². The van der Waals surface area contributed by atoms with Gasteiger partial charge >= 0.3 is 0 Å². The summed E-state index contributed by atoms with van der Waals surface area (Å²) in [5.41, 5.74) is 1.98. The number of rotatable bonds is 5. The number of halogens is 2. The fourth-order valence-corrected chi connectivity index (χ4v) is 6.11. The molecule has 1 aliphatic heterocycles. The van der Waals surface area contributed by atoms with Crippen LogP contribution in [0, 0.1) is 6.92 Å². The van der Waals surface area contributed by atoms with Crippen molar-refractivity contribution >= 4 is 61.3 Å². The normalized spacial score (nSPS) is 15.2. The lowest BCUT2D eigenvalue weighted by Crippen LogP contribution is -2.48. The molecular weight excluding hydrogens is 543 g/mol. The quantitative estimate of drug-likeness (QED) is 0.350. The van der Waals surface area contributed by atoms with Crippen LogP contribution in [0.3, 0.4) is 0 Å². The first-order valence-electron chi connectivity index (χ1n) is 10.7. The predicted octanol–water partition coefficient (Wildman–Crippen LogP) is 5.42. The van der Waals surface area contributed by atoms with Crippen LogP contribution in [-0.4, -0.2) is 37.2 Å². The van der Waals surface area contributed by atoms with Gasteiger partial charge in [-0.05, 0) is 49.4 Å². The number of hydrogen-bond acceptors (Lipinski definition) is 7. The number of aryl methyl sites for hydroxylation is 1. The molecule has 0 bridgehead atoms. The molecule has 1 unspecified atom stereocenters. The van der Waals surface area contributed by atoms with E-state index in [1.165, 1.54) is 29.5 Å². The molecule has 3 aromatic carbocycles. The zero-order valence-corrected chi connectivity index (χ0v) is 21.8. The molecule has 2 heterocycles. The number of anilines is 2. The van der Waals surface area contributed by atoms with Gasteiger partial charge in [0.2, 0.25) is 5.13 Å². The average molecular weight is 561 g/mol. The van der Waals surface area contributed by atoms with Gasteiger partial charge in [0.1, 0.15) is 10.8 Å². The molecule has 5 rings (SSSR count). The summed E-state index contributed by atoms with van der Waals surface area (Å²) >= 11 is 13.3. The Morgan fingerprint density at radius 1 is 1.03 bits per heavy atom. The SMILES string of the molecule is Cc1ccc(S(=O)(=O)N2CC(C(=O)Nc3nnc(-c4ccc(Cl)cc4)s3)Oc3ccc(Cl)cc32)cc1. The zero-order valence-electron chi connectivity index (χ0n) is 18.7. The minimum atomic E-state index is -4.01. The summed E-state index contributed by atoms with van der Waals surface area (Å²) < 4.78 is 34.1. The molecule has 1 amide bonds. The van der Waals surface area contributed by atoms with Crippen molar-refractivity contribution in [3.8, 4) is 16.3 Å². The summed E-state index contributed by atoms with van der Waals surface area (Å²) in [5, 5.41) is 12.6. The van der Waals surface area contributed by atoms with Crippen molar-refractivity contribution in [3.05, 3.63) is 82.3 Å². The number of amides is 1. The molecule has 0 spiro atoms. The smallest absolute Gasteiger partial charge is 0.269 e. The maximum Gasteiger partial charge on any atom is 0.269 e. The van der Waals surface area contributed by atoms with Crippen LogP contribution in [0.4, 0.5) is 10.8 Å². The second-order valence-electron chi connectivity index (χ2n) is 7.98. The molecule has 0 fully saturated rings. The second kappa shape index (κ2) is 9.70. The number of sulfonamides is 1. The molecular formula is C24H18Cl2N4O4S2. The van der Waals surface area contributed by atoms with E-state index in [9.17, 15) is 13.2 Å². The van der Waals surface area contributed by atoms with E-state index in [4.69, 9.17) is 27.9 Å². The molecule has 8 nitrogen and oxygen atoms in total. The Morgan fingerprint density at radius 2 is 1.72 bits per heavy atom. The fraction of sp³-hybridized carbons (Fsp3) is 0.125. The summed E-state index contributed by atoms with van der Waals surface area (Å²) in [6, 6.07) is 18.2. The highest BCUT2D eigenvalue weighted by molar-refractivity contribution is 7.92. The summed E-state index contributed by atoms with van der Waals surface area (Å²) in [6.45, 7) is 1.62. The van der Waals surface area contributed by atoms with E-state index in [1.807, 2.05) is 6.92 Å². The molecule has 1 aliphatic rings. The van der Waals surface area contributed by atoms with Crippen molar-refractivity contribution in [1.82, 2.24) is 10.2 Å². The Balaban J connectivity index is 1.42. The number of carbonyl (C=O) groups is 1. The maximum absolute atomic E-state index is 13.5. The first-order chi connectivity index (χ1) is 17.2. The Labute approximate surface area is 221 Å². The molecule has 184 valence electrons.